The molecule has 0 amide bonds. The standard InChI is InChI=1S/C12H4Cl5F/c13-5-1-7(12(17)11(18)2-5)6-3-9(15)10(16)4-8(6)14/h1-4H. The van der Waals surface area contributed by atoms with Crippen LogP contribution >= 0.6 is 58.0 Å². The van der Waals surface area contributed by atoms with Gasteiger partial charge >= 0.3 is 0 Å². The average molecular weight is 344 g/mol. The van der Waals surface area contributed by atoms with Crippen LogP contribution in [-0.4, -0.2) is 0 Å². The lowest BCUT2D eigenvalue weighted by Gasteiger charge is -2.10. The molecule has 18 heavy (non-hydrogen) atoms. The molecule has 94 valence electrons. The van der Waals surface area contributed by atoms with Crippen LogP contribution in [0.3, 0.4) is 0 Å². The zero-order chi connectivity index (χ0) is 13.4. The monoisotopic (exact) mass is 342 g/mol. The van der Waals surface area contributed by atoms with Gasteiger partial charge in [-0.3, -0.25) is 0 Å². The molecule has 0 aliphatic carbocycles. The van der Waals surface area contributed by atoms with Crippen LogP contribution in [0.5, 0.6) is 0 Å². The summed E-state index contributed by atoms with van der Waals surface area (Å²) in [6.45, 7) is 0. The summed E-state index contributed by atoms with van der Waals surface area (Å²) < 4.78 is 13.5. The summed E-state index contributed by atoms with van der Waals surface area (Å²) in [5.74, 6) is -0.624. The summed E-state index contributed by atoms with van der Waals surface area (Å²) in [5, 5.41) is 1.07. The fourth-order valence-corrected chi connectivity index (χ4v) is 2.55. The predicted octanol–water partition coefficient (Wildman–Crippen LogP) is 6.76. The summed E-state index contributed by atoms with van der Waals surface area (Å²) in [6.07, 6.45) is 0. The summed E-state index contributed by atoms with van der Waals surface area (Å²) in [7, 11) is 0. The Morgan fingerprint density at radius 2 is 1.28 bits per heavy atom. The van der Waals surface area contributed by atoms with Crippen molar-refractivity contribution in [1.82, 2.24) is 0 Å². The highest BCUT2D eigenvalue weighted by Gasteiger charge is 2.15. The fraction of sp³-hybridized carbons (Fsp3) is 0. The first-order chi connectivity index (χ1) is 8.40. The molecule has 2 aromatic carbocycles. The molecule has 0 nitrogen and oxygen atoms in total. The maximum absolute atomic E-state index is 13.5. The Labute approximate surface area is 128 Å². The van der Waals surface area contributed by atoms with Crippen molar-refractivity contribution >= 4 is 58.0 Å². The van der Waals surface area contributed by atoms with Crippen molar-refractivity contribution in [3.05, 3.63) is 55.2 Å². The van der Waals surface area contributed by atoms with E-state index in [9.17, 15) is 4.39 Å². The summed E-state index contributed by atoms with van der Waals surface area (Å²) in [4.78, 5) is 0. The van der Waals surface area contributed by atoms with Gasteiger partial charge in [-0.2, -0.15) is 0 Å². The topological polar surface area (TPSA) is 0 Å². The van der Waals surface area contributed by atoms with Crippen LogP contribution in [0.15, 0.2) is 24.3 Å². The van der Waals surface area contributed by atoms with E-state index >= 15 is 0 Å². The highest BCUT2D eigenvalue weighted by Crippen LogP contribution is 2.40. The van der Waals surface area contributed by atoms with Crippen molar-refractivity contribution in [2.45, 2.75) is 0 Å². The molecule has 0 atom stereocenters. The van der Waals surface area contributed by atoms with Gasteiger partial charge in [-0.05, 0) is 24.3 Å². The molecule has 6 heteroatoms. The van der Waals surface area contributed by atoms with Crippen LogP contribution < -0.4 is 0 Å². The molecule has 0 aliphatic heterocycles. The lowest BCUT2D eigenvalue weighted by molar-refractivity contribution is 0.629. The van der Waals surface area contributed by atoms with Gasteiger partial charge in [-0.15, -0.1) is 0 Å². The maximum atomic E-state index is 13.5. The first-order valence-corrected chi connectivity index (χ1v) is 6.58. The first kappa shape index (κ1) is 14.2. The van der Waals surface area contributed by atoms with Gasteiger partial charge in [0.15, 0.2) is 0 Å². The lowest BCUT2D eigenvalue weighted by atomic mass is 10.1. The molecule has 2 aromatic rings. The molecule has 0 saturated heterocycles. The van der Waals surface area contributed by atoms with Crippen LogP contribution in [0.2, 0.25) is 25.1 Å². The van der Waals surface area contributed by atoms with Gasteiger partial charge in [0.2, 0.25) is 0 Å². The Morgan fingerprint density at radius 1 is 0.667 bits per heavy atom. The van der Waals surface area contributed by atoms with Crippen LogP contribution in [0.25, 0.3) is 11.1 Å². The normalized spacial score (nSPS) is 10.8. The van der Waals surface area contributed by atoms with Gasteiger partial charge in [0.1, 0.15) is 5.82 Å². The summed E-state index contributed by atoms with van der Waals surface area (Å²) in [5.41, 5.74) is 0.836. The second-order valence-corrected chi connectivity index (χ2v) is 5.53. The smallest absolute Gasteiger partial charge is 0.143 e. The van der Waals surface area contributed by atoms with E-state index in [2.05, 4.69) is 0 Å². The molecule has 0 aliphatic rings. The van der Waals surface area contributed by atoms with E-state index in [-0.39, 0.29) is 10.0 Å². The number of benzene rings is 2. The molecule has 0 radical (unpaired) electrons. The molecule has 0 N–H and O–H groups in total. The zero-order valence-corrected chi connectivity index (χ0v) is 12.4. The molecule has 0 fully saturated rings. The quantitative estimate of drug-likeness (QED) is 0.501. The van der Waals surface area contributed by atoms with E-state index in [1.807, 2.05) is 0 Å². The Kier molecular flexibility index (Phi) is 4.30. The molecule has 0 bridgehead atoms. The second kappa shape index (κ2) is 5.44. The van der Waals surface area contributed by atoms with Gasteiger partial charge in [-0.1, -0.05) is 58.0 Å². The first-order valence-electron chi connectivity index (χ1n) is 4.69. The van der Waals surface area contributed by atoms with Crippen molar-refractivity contribution < 1.29 is 4.39 Å². The van der Waals surface area contributed by atoms with Gasteiger partial charge in [0, 0.05) is 16.1 Å². The van der Waals surface area contributed by atoms with Crippen LogP contribution in [0.4, 0.5) is 4.39 Å². The lowest BCUT2D eigenvalue weighted by Crippen LogP contribution is -1.87. The highest BCUT2D eigenvalue weighted by atomic mass is 35.5. The Morgan fingerprint density at radius 3 is 1.94 bits per heavy atom. The second-order valence-electron chi connectivity index (χ2n) is 3.50. The zero-order valence-electron chi connectivity index (χ0n) is 8.58. The third-order valence-corrected chi connectivity index (χ3v) is 3.93. The fourth-order valence-electron chi connectivity index (χ4n) is 1.48. The van der Waals surface area contributed by atoms with Gasteiger partial charge in [-0.25, -0.2) is 4.39 Å². The average Bonchev–Trinajstić information content (AvgIpc) is 2.29. The van der Waals surface area contributed by atoms with E-state index < -0.39 is 5.82 Å². The molecule has 0 heterocycles. The Bertz CT molecular complexity index is 624. The minimum Gasteiger partial charge on any atom is -0.205 e. The molecule has 2 rings (SSSR count). The molecular formula is C12H4Cl5F. The van der Waals surface area contributed by atoms with Crippen molar-refractivity contribution in [3.8, 4) is 11.1 Å². The molecule has 0 aromatic heterocycles. The Hall–Kier alpha value is -0.180. The minimum absolute atomic E-state index is 0.0697. The SMILES string of the molecule is Fc1cc(Cl)cc(-c2cc(Cl)c(Cl)cc2Cl)c1Cl. The van der Waals surface area contributed by atoms with Crippen molar-refractivity contribution in [2.24, 2.45) is 0 Å². The summed E-state index contributed by atoms with van der Waals surface area (Å²) in [6, 6.07) is 5.62. The van der Waals surface area contributed by atoms with Gasteiger partial charge in [0.25, 0.3) is 0 Å². The number of rotatable bonds is 1. The maximum Gasteiger partial charge on any atom is 0.143 e. The molecule has 0 saturated carbocycles. The van der Waals surface area contributed by atoms with Crippen molar-refractivity contribution in [2.75, 3.05) is 0 Å². The van der Waals surface area contributed by atoms with Gasteiger partial charge in [0.05, 0.1) is 20.1 Å². The Balaban J connectivity index is 2.73. The van der Waals surface area contributed by atoms with Crippen LogP contribution in [-0.2, 0) is 0 Å². The third-order valence-electron chi connectivity index (χ3n) is 2.29. The molecular weight excluding hydrogens is 340 g/mol. The van der Waals surface area contributed by atoms with E-state index in [0.717, 1.165) is 6.07 Å². The number of hydrogen-bond acceptors (Lipinski definition) is 0. The predicted molar refractivity (Wildman–Crippen MR) is 76.9 cm³/mol. The van der Waals surface area contributed by atoms with E-state index in [1.165, 1.54) is 18.2 Å². The largest absolute Gasteiger partial charge is 0.205 e. The third kappa shape index (κ3) is 2.71. The van der Waals surface area contributed by atoms with E-state index in [0.29, 0.717) is 26.2 Å². The van der Waals surface area contributed by atoms with Crippen molar-refractivity contribution in [1.29, 1.82) is 0 Å². The molecule has 0 unspecified atom stereocenters. The van der Waals surface area contributed by atoms with Crippen LogP contribution in [0, 0.1) is 5.82 Å². The molecule has 0 spiro atoms. The van der Waals surface area contributed by atoms with Gasteiger partial charge < -0.3 is 0 Å². The minimum atomic E-state index is -0.624. The van der Waals surface area contributed by atoms with Crippen LogP contribution in [0.1, 0.15) is 0 Å². The number of halogens is 6. The van der Waals surface area contributed by atoms with Crippen molar-refractivity contribution in [3.63, 3.8) is 0 Å². The highest BCUT2D eigenvalue weighted by molar-refractivity contribution is 6.44. The number of hydrogen-bond donors (Lipinski definition) is 0. The summed E-state index contributed by atoms with van der Waals surface area (Å²) >= 11 is 29.5. The van der Waals surface area contributed by atoms with E-state index in [1.54, 1.807) is 0 Å². The van der Waals surface area contributed by atoms with E-state index in [4.69, 9.17) is 58.0 Å².